The topological polar surface area (TPSA) is 58.4 Å². The summed E-state index contributed by atoms with van der Waals surface area (Å²) in [7, 11) is 0. The van der Waals surface area contributed by atoms with Crippen LogP contribution in [0.15, 0.2) is 30.9 Å². The fourth-order valence-electron chi connectivity index (χ4n) is 3.55. The first-order valence-corrected chi connectivity index (χ1v) is 8.76. The molecule has 3 rings (SSSR count). The smallest absolute Gasteiger partial charge is 0.275 e. The minimum absolute atomic E-state index is 0.0699. The minimum Gasteiger partial charge on any atom is -0.395 e. The molecular formula is C20H25N3O2. The van der Waals surface area contributed by atoms with E-state index >= 15 is 0 Å². The fourth-order valence-corrected chi connectivity index (χ4v) is 3.55. The number of fused-ring (bicyclic) bond motifs is 1. The van der Waals surface area contributed by atoms with Gasteiger partial charge >= 0.3 is 0 Å². The maximum absolute atomic E-state index is 13.0. The van der Waals surface area contributed by atoms with Crippen molar-refractivity contribution in [1.29, 1.82) is 0 Å². The van der Waals surface area contributed by atoms with Crippen LogP contribution in [0.3, 0.4) is 0 Å². The number of nitrogens with zero attached hydrogens (tertiary/aromatic N) is 3. The van der Waals surface area contributed by atoms with Crippen LogP contribution in [-0.4, -0.2) is 45.4 Å². The van der Waals surface area contributed by atoms with Crippen molar-refractivity contribution < 1.29 is 9.90 Å². The van der Waals surface area contributed by atoms with Gasteiger partial charge in [0.05, 0.1) is 12.3 Å². The number of hydrogen-bond donors (Lipinski definition) is 1. The molecule has 1 aliphatic rings. The Morgan fingerprint density at radius 3 is 2.88 bits per heavy atom. The number of benzene rings is 1. The van der Waals surface area contributed by atoms with Crippen LogP contribution in [0.5, 0.6) is 0 Å². The van der Waals surface area contributed by atoms with E-state index in [-0.39, 0.29) is 19.1 Å². The molecule has 2 aromatic rings. The number of carbonyl (C=O) groups is 1. The number of aliphatic hydroxyl groups excluding tert-OH is 1. The maximum Gasteiger partial charge on any atom is 0.275 e. The Bertz CT molecular complexity index is 808. The van der Waals surface area contributed by atoms with E-state index in [4.69, 9.17) is 0 Å². The van der Waals surface area contributed by atoms with Crippen LogP contribution in [-0.2, 0) is 12.8 Å². The maximum atomic E-state index is 13.0. The molecule has 0 radical (unpaired) electrons. The SMILES string of the molecule is C=CCN(CCO)C(=O)c1nn(-c2ccc(C)cc2C)c2c1CCC2. The quantitative estimate of drug-likeness (QED) is 0.823. The summed E-state index contributed by atoms with van der Waals surface area (Å²) in [6.45, 7) is 8.47. The molecule has 1 aliphatic carbocycles. The zero-order valence-electron chi connectivity index (χ0n) is 15.0. The van der Waals surface area contributed by atoms with Gasteiger partial charge in [0.2, 0.25) is 0 Å². The molecule has 1 N–H and O–H groups in total. The van der Waals surface area contributed by atoms with Crippen LogP contribution in [0, 0.1) is 13.8 Å². The second kappa shape index (κ2) is 7.23. The first-order chi connectivity index (χ1) is 12.1. The normalized spacial score (nSPS) is 12.9. The summed E-state index contributed by atoms with van der Waals surface area (Å²) in [4.78, 5) is 14.6. The standard InChI is InChI=1S/C20H25N3O2/c1-4-10-22(11-12-24)20(25)19-16-6-5-7-18(16)23(21-19)17-9-8-14(2)13-15(17)3/h4,8-9,13,24H,1,5-7,10-12H2,2-3H3. The molecular weight excluding hydrogens is 314 g/mol. The highest BCUT2D eigenvalue weighted by Gasteiger charge is 2.29. The zero-order chi connectivity index (χ0) is 18.0. The Morgan fingerprint density at radius 1 is 1.40 bits per heavy atom. The van der Waals surface area contributed by atoms with E-state index in [1.165, 1.54) is 5.56 Å². The molecule has 0 fully saturated rings. The monoisotopic (exact) mass is 339 g/mol. The average molecular weight is 339 g/mol. The van der Waals surface area contributed by atoms with Crippen molar-refractivity contribution in [2.45, 2.75) is 33.1 Å². The van der Waals surface area contributed by atoms with Crippen LogP contribution in [0.25, 0.3) is 5.69 Å². The predicted molar refractivity (Wildman–Crippen MR) is 98.2 cm³/mol. The Kier molecular flexibility index (Phi) is 5.04. The first kappa shape index (κ1) is 17.4. The van der Waals surface area contributed by atoms with Gasteiger partial charge < -0.3 is 10.0 Å². The molecule has 132 valence electrons. The third-order valence-corrected chi connectivity index (χ3v) is 4.72. The summed E-state index contributed by atoms with van der Waals surface area (Å²) >= 11 is 0. The van der Waals surface area contributed by atoms with Gasteiger partial charge in [0, 0.05) is 24.3 Å². The summed E-state index contributed by atoms with van der Waals surface area (Å²) in [6.07, 6.45) is 4.53. The molecule has 25 heavy (non-hydrogen) atoms. The van der Waals surface area contributed by atoms with Gasteiger partial charge in [-0.05, 0) is 44.7 Å². The molecule has 1 aromatic heterocycles. The van der Waals surface area contributed by atoms with Gasteiger partial charge in [0.15, 0.2) is 5.69 Å². The Hall–Kier alpha value is -2.40. The van der Waals surface area contributed by atoms with Crippen molar-refractivity contribution in [3.63, 3.8) is 0 Å². The van der Waals surface area contributed by atoms with E-state index in [1.54, 1.807) is 11.0 Å². The van der Waals surface area contributed by atoms with E-state index in [1.807, 2.05) is 4.68 Å². The lowest BCUT2D eigenvalue weighted by molar-refractivity contribution is 0.0735. The molecule has 0 aliphatic heterocycles. The largest absolute Gasteiger partial charge is 0.395 e. The highest BCUT2D eigenvalue weighted by molar-refractivity contribution is 5.94. The van der Waals surface area contributed by atoms with Crippen LogP contribution >= 0.6 is 0 Å². The highest BCUT2D eigenvalue weighted by atomic mass is 16.3. The van der Waals surface area contributed by atoms with E-state index < -0.39 is 0 Å². The average Bonchev–Trinajstić information content (AvgIpc) is 3.17. The van der Waals surface area contributed by atoms with Crippen LogP contribution in [0.2, 0.25) is 0 Å². The molecule has 0 spiro atoms. The number of hydrogen-bond acceptors (Lipinski definition) is 3. The zero-order valence-corrected chi connectivity index (χ0v) is 15.0. The summed E-state index contributed by atoms with van der Waals surface area (Å²) < 4.78 is 1.94. The predicted octanol–water partition coefficient (Wildman–Crippen LogP) is 2.60. The summed E-state index contributed by atoms with van der Waals surface area (Å²) in [6, 6.07) is 6.28. The van der Waals surface area contributed by atoms with E-state index in [9.17, 15) is 9.90 Å². The Labute approximate surface area is 148 Å². The number of carbonyl (C=O) groups excluding carboxylic acids is 1. The Morgan fingerprint density at radius 2 is 2.20 bits per heavy atom. The van der Waals surface area contributed by atoms with Crippen molar-refractivity contribution >= 4 is 5.91 Å². The van der Waals surface area contributed by atoms with Crippen LogP contribution < -0.4 is 0 Å². The lowest BCUT2D eigenvalue weighted by atomic mass is 10.1. The van der Waals surface area contributed by atoms with Crippen molar-refractivity contribution in [3.8, 4) is 5.69 Å². The van der Waals surface area contributed by atoms with E-state index in [0.717, 1.165) is 41.8 Å². The van der Waals surface area contributed by atoms with Crippen LogP contribution in [0.4, 0.5) is 0 Å². The number of aryl methyl sites for hydroxylation is 2. The van der Waals surface area contributed by atoms with Crippen LogP contribution in [0.1, 0.15) is 39.3 Å². The van der Waals surface area contributed by atoms with Gasteiger partial charge in [0.25, 0.3) is 5.91 Å². The molecule has 0 atom stereocenters. The number of rotatable bonds is 6. The number of aromatic nitrogens is 2. The van der Waals surface area contributed by atoms with E-state index in [2.05, 4.69) is 43.7 Å². The minimum atomic E-state index is -0.129. The summed E-state index contributed by atoms with van der Waals surface area (Å²) in [5.41, 5.74) is 6.09. The molecule has 5 nitrogen and oxygen atoms in total. The lowest BCUT2D eigenvalue weighted by Gasteiger charge is -2.19. The number of amides is 1. The molecule has 0 saturated carbocycles. The van der Waals surface area contributed by atoms with Gasteiger partial charge in [-0.15, -0.1) is 6.58 Å². The molecule has 1 heterocycles. The fraction of sp³-hybridized carbons (Fsp3) is 0.400. The summed E-state index contributed by atoms with van der Waals surface area (Å²) in [5, 5.41) is 13.9. The van der Waals surface area contributed by atoms with Gasteiger partial charge in [-0.3, -0.25) is 4.79 Å². The van der Waals surface area contributed by atoms with Gasteiger partial charge in [-0.2, -0.15) is 5.10 Å². The van der Waals surface area contributed by atoms with Gasteiger partial charge in [-0.1, -0.05) is 23.8 Å². The summed E-state index contributed by atoms with van der Waals surface area (Å²) in [5.74, 6) is -0.129. The van der Waals surface area contributed by atoms with Crippen molar-refractivity contribution in [3.05, 3.63) is 58.9 Å². The third-order valence-electron chi connectivity index (χ3n) is 4.72. The highest BCUT2D eigenvalue weighted by Crippen LogP contribution is 2.29. The first-order valence-electron chi connectivity index (χ1n) is 8.76. The molecule has 1 aromatic carbocycles. The second-order valence-corrected chi connectivity index (χ2v) is 6.59. The Balaban J connectivity index is 2.05. The van der Waals surface area contributed by atoms with Crippen molar-refractivity contribution in [1.82, 2.24) is 14.7 Å². The van der Waals surface area contributed by atoms with E-state index in [0.29, 0.717) is 12.2 Å². The molecule has 1 amide bonds. The van der Waals surface area contributed by atoms with Gasteiger partial charge in [-0.25, -0.2) is 4.68 Å². The number of aliphatic hydroxyl groups is 1. The lowest BCUT2D eigenvalue weighted by Crippen LogP contribution is -2.34. The molecule has 0 unspecified atom stereocenters. The van der Waals surface area contributed by atoms with Gasteiger partial charge in [0.1, 0.15) is 0 Å². The van der Waals surface area contributed by atoms with Crippen molar-refractivity contribution in [2.75, 3.05) is 19.7 Å². The molecule has 0 bridgehead atoms. The molecule has 0 saturated heterocycles. The second-order valence-electron chi connectivity index (χ2n) is 6.59. The molecule has 5 heteroatoms. The van der Waals surface area contributed by atoms with Crippen molar-refractivity contribution in [2.24, 2.45) is 0 Å². The third kappa shape index (κ3) is 3.24.